The number of ketones is 1. The fourth-order valence-electron chi connectivity index (χ4n) is 1.99. The third-order valence-corrected chi connectivity index (χ3v) is 2.96. The number of aromatic amines is 1. The van der Waals surface area contributed by atoms with Crippen molar-refractivity contribution in [2.45, 2.75) is 0 Å². The minimum Gasteiger partial charge on any atom is -0.360 e. The van der Waals surface area contributed by atoms with Gasteiger partial charge in [0.2, 0.25) is 5.43 Å². The van der Waals surface area contributed by atoms with Gasteiger partial charge in [-0.25, -0.2) is 0 Å². The number of carbonyl (C=O) groups is 1. The molecule has 0 aliphatic rings. The van der Waals surface area contributed by atoms with E-state index in [4.69, 9.17) is 0 Å². The largest absolute Gasteiger partial charge is 0.360 e. The number of aromatic nitrogens is 2. The van der Waals surface area contributed by atoms with Gasteiger partial charge in [0.1, 0.15) is 0 Å². The maximum Gasteiger partial charge on any atom is 0.200 e. The number of H-pyrrole nitrogens is 1. The summed E-state index contributed by atoms with van der Waals surface area (Å²) in [5, 5.41) is 0.511. The van der Waals surface area contributed by atoms with E-state index in [1.54, 1.807) is 36.5 Å². The molecule has 3 aromatic rings. The minimum absolute atomic E-state index is 0.131. The van der Waals surface area contributed by atoms with Gasteiger partial charge in [-0.2, -0.15) is 0 Å². The molecule has 0 saturated heterocycles. The van der Waals surface area contributed by atoms with E-state index < -0.39 is 0 Å². The molecule has 4 heteroatoms. The molecule has 1 aromatic carbocycles. The lowest BCUT2D eigenvalue weighted by atomic mass is 10.0. The van der Waals surface area contributed by atoms with Crippen molar-refractivity contribution in [3.63, 3.8) is 0 Å². The molecular formula is C15H10N2O2. The first-order valence-corrected chi connectivity index (χ1v) is 5.82. The van der Waals surface area contributed by atoms with Crippen molar-refractivity contribution in [1.29, 1.82) is 0 Å². The van der Waals surface area contributed by atoms with Crippen molar-refractivity contribution < 1.29 is 4.79 Å². The molecule has 3 rings (SSSR count). The van der Waals surface area contributed by atoms with Crippen LogP contribution in [0.4, 0.5) is 0 Å². The van der Waals surface area contributed by atoms with Crippen LogP contribution in [0.1, 0.15) is 15.9 Å². The normalized spacial score (nSPS) is 10.5. The van der Waals surface area contributed by atoms with E-state index >= 15 is 0 Å². The topological polar surface area (TPSA) is 62.8 Å². The molecule has 1 N–H and O–H groups in total. The second-order valence-corrected chi connectivity index (χ2v) is 4.15. The minimum atomic E-state index is -0.319. The number of rotatable bonds is 2. The molecule has 0 aliphatic carbocycles. The first-order chi connectivity index (χ1) is 9.27. The second-order valence-electron chi connectivity index (χ2n) is 4.15. The number of hydrogen-bond donors (Lipinski definition) is 1. The number of benzene rings is 1. The van der Waals surface area contributed by atoms with Gasteiger partial charge in [0.25, 0.3) is 0 Å². The van der Waals surface area contributed by atoms with E-state index in [1.807, 2.05) is 6.07 Å². The molecule has 2 heterocycles. The number of nitrogens with zero attached hydrogens (tertiary/aromatic N) is 1. The van der Waals surface area contributed by atoms with E-state index in [1.165, 1.54) is 12.4 Å². The highest BCUT2D eigenvalue weighted by atomic mass is 16.1. The van der Waals surface area contributed by atoms with Crippen LogP contribution in [0.2, 0.25) is 0 Å². The first kappa shape index (κ1) is 11.3. The Hall–Kier alpha value is -2.75. The molecule has 2 aromatic heterocycles. The van der Waals surface area contributed by atoms with Gasteiger partial charge >= 0.3 is 0 Å². The van der Waals surface area contributed by atoms with Crippen LogP contribution in [0.15, 0.2) is 59.8 Å². The standard InChI is InChI=1S/C15H10N2O2/c18-14(10-4-3-7-16-8-10)12-9-17-13-6-2-1-5-11(13)15(12)19/h1-9H,(H,17,19). The van der Waals surface area contributed by atoms with E-state index in [0.29, 0.717) is 10.9 Å². The van der Waals surface area contributed by atoms with E-state index in [0.717, 1.165) is 5.52 Å². The zero-order chi connectivity index (χ0) is 13.2. The van der Waals surface area contributed by atoms with Crippen LogP contribution in [0, 0.1) is 0 Å². The van der Waals surface area contributed by atoms with E-state index in [9.17, 15) is 9.59 Å². The van der Waals surface area contributed by atoms with Crippen molar-refractivity contribution in [3.05, 3.63) is 76.3 Å². The molecule has 0 radical (unpaired) electrons. The third-order valence-electron chi connectivity index (χ3n) is 2.96. The second kappa shape index (κ2) is 4.49. The zero-order valence-electron chi connectivity index (χ0n) is 9.96. The monoisotopic (exact) mass is 250 g/mol. The van der Waals surface area contributed by atoms with Crippen molar-refractivity contribution in [1.82, 2.24) is 9.97 Å². The van der Waals surface area contributed by atoms with Crippen LogP contribution in [0.5, 0.6) is 0 Å². The molecule has 92 valence electrons. The highest BCUT2D eigenvalue weighted by molar-refractivity contribution is 6.09. The van der Waals surface area contributed by atoms with Crippen LogP contribution >= 0.6 is 0 Å². The molecule has 0 saturated carbocycles. The summed E-state index contributed by atoms with van der Waals surface area (Å²) in [5.74, 6) is -0.319. The molecule has 0 amide bonds. The summed E-state index contributed by atoms with van der Waals surface area (Å²) in [6.45, 7) is 0. The van der Waals surface area contributed by atoms with Crippen molar-refractivity contribution in [2.24, 2.45) is 0 Å². The Labute approximate surface area is 108 Å². The van der Waals surface area contributed by atoms with Gasteiger partial charge < -0.3 is 4.98 Å². The number of pyridine rings is 2. The molecule has 0 bridgehead atoms. The Balaban J connectivity index is 2.19. The van der Waals surface area contributed by atoms with Gasteiger partial charge in [-0.05, 0) is 24.3 Å². The van der Waals surface area contributed by atoms with Gasteiger partial charge in [-0.1, -0.05) is 12.1 Å². The summed E-state index contributed by atoms with van der Waals surface area (Å²) >= 11 is 0. The third kappa shape index (κ3) is 1.93. The number of nitrogens with one attached hydrogen (secondary N) is 1. The van der Waals surface area contributed by atoms with E-state index in [2.05, 4.69) is 9.97 Å². The van der Waals surface area contributed by atoms with Crippen LogP contribution < -0.4 is 5.43 Å². The van der Waals surface area contributed by atoms with E-state index in [-0.39, 0.29) is 16.8 Å². The number of fused-ring (bicyclic) bond motifs is 1. The van der Waals surface area contributed by atoms with Crippen molar-refractivity contribution >= 4 is 16.7 Å². The smallest absolute Gasteiger partial charge is 0.200 e. The fourth-order valence-corrected chi connectivity index (χ4v) is 1.99. The Kier molecular flexibility index (Phi) is 2.68. The number of para-hydroxylation sites is 1. The lowest BCUT2D eigenvalue weighted by Gasteiger charge is -2.02. The summed E-state index contributed by atoms with van der Waals surface area (Å²) < 4.78 is 0. The average Bonchev–Trinajstić information content (AvgIpc) is 2.48. The van der Waals surface area contributed by atoms with Gasteiger partial charge in [0.15, 0.2) is 5.78 Å². The molecule has 0 fully saturated rings. The Morgan fingerprint density at radius 3 is 2.74 bits per heavy atom. The molecule has 19 heavy (non-hydrogen) atoms. The lowest BCUT2D eigenvalue weighted by Crippen LogP contribution is -2.16. The van der Waals surface area contributed by atoms with Crippen LogP contribution in [0.25, 0.3) is 10.9 Å². The molecule has 0 atom stereocenters. The molecule has 0 aliphatic heterocycles. The molecule has 0 unspecified atom stereocenters. The zero-order valence-corrected chi connectivity index (χ0v) is 9.96. The van der Waals surface area contributed by atoms with Gasteiger partial charge in [0, 0.05) is 35.1 Å². The van der Waals surface area contributed by atoms with Gasteiger partial charge in [-0.3, -0.25) is 14.6 Å². The molecule has 4 nitrogen and oxygen atoms in total. The number of carbonyl (C=O) groups excluding carboxylic acids is 1. The summed E-state index contributed by atoms with van der Waals surface area (Å²) in [5.41, 5.74) is 0.994. The summed E-state index contributed by atoms with van der Waals surface area (Å²) in [7, 11) is 0. The highest BCUT2D eigenvalue weighted by Gasteiger charge is 2.14. The van der Waals surface area contributed by atoms with Crippen LogP contribution in [0.3, 0.4) is 0 Å². The van der Waals surface area contributed by atoms with Gasteiger partial charge in [-0.15, -0.1) is 0 Å². The molecule has 0 spiro atoms. The fraction of sp³-hybridized carbons (Fsp3) is 0. The molecular weight excluding hydrogens is 240 g/mol. The van der Waals surface area contributed by atoms with Gasteiger partial charge in [0.05, 0.1) is 5.56 Å². The average molecular weight is 250 g/mol. The maximum atomic E-state index is 12.3. The summed E-state index contributed by atoms with van der Waals surface area (Å²) in [6.07, 6.45) is 4.50. The quantitative estimate of drug-likeness (QED) is 0.709. The first-order valence-electron chi connectivity index (χ1n) is 5.82. The number of hydrogen-bond acceptors (Lipinski definition) is 3. The van der Waals surface area contributed by atoms with Crippen LogP contribution in [-0.4, -0.2) is 15.8 Å². The predicted octanol–water partition coefficient (Wildman–Crippen LogP) is 2.15. The maximum absolute atomic E-state index is 12.3. The predicted molar refractivity (Wildman–Crippen MR) is 72.2 cm³/mol. The summed E-state index contributed by atoms with van der Waals surface area (Å²) in [6, 6.07) is 10.4. The summed E-state index contributed by atoms with van der Waals surface area (Å²) in [4.78, 5) is 31.4. The van der Waals surface area contributed by atoms with Crippen LogP contribution in [-0.2, 0) is 0 Å². The highest BCUT2D eigenvalue weighted by Crippen LogP contribution is 2.10. The Morgan fingerprint density at radius 1 is 1.11 bits per heavy atom. The van der Waals surface area contributed by atoms with Crippen molar-refractivity contribution in [3.8, 4) is 0 Å². The Bertz CT molecular complexity index is 807. The lowest BCUT2D eigenvalue weighted by molar-refractivity contribution is 0.103. The van der Waals surface area contributed by atoms with Crippen molar-refractivity contribution in [2.75, 3.05) is 0 Å². The SMILES string of the molecule is O=C(c1cccnc1)c1c[nH]c2ccccc2c1=O. The Morgan fingerprint density at radius 2 is 1.95 bits per heavy atom.